The number of aromatic hydroxyl groups is 1. The minimum Gasteiger partial charge on any atom is -0.505 e. The molecule has 4 atom stereocenters. The third-order valence-corrected chi connectivity index (χ3v) is 6.15. The van der Waals surface area contributed by atoms with Gasteiger partial charge in [0.25, 0.3) is 5.91 Å². The summed E-state index contributed by atoms with van der Waals surface area (Å²) in [6, 6.07) is 2.73. The van der Waals surface area contributed by atoms with E-state index in [0.717, 1.165) is 19.3 Å². The molecular weight excluding hydrogens is 496 g/mol. The predicted molar refractivity (Wildman–Crippen MR) is 137 cm³/mol. The van der Waals surface area contributed by atoms with Crippen LogP contribution in [0.3, 0.4) is 0 Å². The van der Waals surface area contributed by atoms with E-state index in [1.165, 1.54) is 25.1 Å². The SMILES string of the molecule is CCCCCC[C@@H]1C(=O)OC[C@H](NC(=O)c2cccc(NC=O)c2O)C(=O)O[C@H](C)[C@@H]1OC(=O)CC(C)C. The van der Waals surface area contributed by atoms with E-state index in [-0.39, 0.29) is 23.6 Å². The van der Waals surface area contributed by atoms with Crippen LogP contribution >= 0.6 is 0 Å². The smallest absolute Gasteiger partial charge is 0.332 e. The highest BCUT2D eigenvalue weighted by molar-refractivity contribution is 6.01. The zero-order valence-corrected chi connectivity index (χ0v) is 22.4. The molecule has 0 bridgehead atoms. The number of ether oxygens (including phenoxy) is 3. The highest BCUT2D eigenvalue weighted by Crippen LogP contribution is 2.28. The molecular formula is C27H38N2O9. The Labute approximate surface area is 222 Å². The summed E-state index contributed by atoms with van der Waals surface area (Å²) in [4.78, 5) is 62.2. The van der Waals surface area contributed by atoms with Crippen LogP contribution in [0, 0.1) is 11.8 Å². The summed E-state index contributed by atoms with van der Waals surface area (Å²) in [7, 11) is 0. The Morgan fingerprint density at radius 1 is 1.18 bits per heavy atom. The van der Waals surface area contributed by atoms with E-state index in [1.54, 1.807) is 0 Å². The molecule has 11 heteroatoms. The molecule has 3 N–H and O–H groups in total. The van der Waals surface area contributed by atoms with Crippen LogP contribution in [0.2, 0.25) is 0 Å². The van der Waals surface area contributed by atoms with E-state index >= 15 is 0 Å². The predicted octanol–water partition coefficient (Wildman–Crippen LogP) is 3.09. The molecule has 1 fully saturated rings. The van der Waals surface area contributed by atoms with Gasteiger partial charge in [-0.25, -0.2) is 4.79 Å². The van der Waals surface area contributed by atoms with Crippen LogP contribution in [0.25, 0.3) is 0 Å². The van der Waals surface area contributed by atoms with Crippen molar-refractivity contribution >= 4 is 35.9 Å². The molecule has 210 valence electrons. The molecule has 1 aliphatic rings. The minimum atomic E-state index is -1.39. The van der Waals surface area contributed by atoms with Gasteiger partial charge in [-0.1, -0.05) is 52.5 Å². The maximum absolute atomic E-state index is 13.1. The van der Waals surface area contributed by atoms with Crippen molar-refractivity contribution in [3.05, 3.63) is 23.8 Å². The highest BCUT2D eigenvalue weighted by atomic mass is 16.6. The van der Waals surface area contributed by atoms with Gasteiger partial charge in [0.05, 0.1) is 17.2 Å². The van der Waals surface area contributed by atoms with Gasteiger partial charge in [-0.3, -0.25) is 19.2 Å². The normalized spacial score (nSPS) is 21.8. The van der Waals surface area contributed by atoms with E-state index in [2.05, 4.69) is 17.6 Å². The van der Waals surface area contributed by atoms with Gasteiger partial charge in [0.15, 0.2) is 17.9 Å². The maximum Gasteiger partial charge on any atom is 0.332 e. The zero-order valence-electron chi connectivity index (χ0n) is 22.4. The average Bonchev–Trinajstić information content (AvgIpc) is 2.88. The third-order valence-electron chi connectivity index (χ3n) is 6.15. The lowest BCUT2D eigenvalue weighted by atomic mass is 9.92. The summed E-state index contributed by atoms with van der Waals surface area (Å²) in [5.74, 6) is -4.23. The molecule has 1 aliphatic heterocycles. The molecule has 1 heterocycles. The molecule has 0 aliphatic carbocycles. The van der Waals surface area contributed by atoms with E-state index < -0.39 is 60.3 Å². The first kappa shape index (κ1) is 30.6. The molecule has 1 aromatic carbocycles. The van der Waals surface area contributed by atoms with Gasteiger partial charge in [-0.2, -0.15) is 0 Å². The van der Waals surface area contributed by atoms with Crippen molar-refractivity contribution in [3.8, 4) is 5.75 Å². The number of cyclic esters (lactones) is 2. The Balaban J connectivity index is 2.26. The highest BCUT2D eigenvalue weighted by Gasteiger charge is 2.41. The van der Waals surface area contributed by atoms with Crippen LogP contribution in [0.4, 0.5) is 5.69 Å². The third kappa shape index (κ3) is 8.74. The fourth-order valence-electron chi connectivity index (χ4n) is 4.16. The number of amides is 2. The number of carbonyl (C=O) groups excluding carboxylic acids is 5. The topological polar surface area (TPSA) is 157 Å². The number of benzene rings is 1. The molecule has 0 radical (unpaired) electrons. The number of phenolic OH excluding ortho intramolecular Hbond substituents is 1. The van der Waals surface area contributed by atoms with Gasteiger partial charge in [-0.15, -0.1) is 0 Å². The second-order valence-electron chi connectivity index (χ2n) is 9.77. The lowest BCUT2D eigenvalue weighted by molar-refractivity contribution is -0.175. The summed E-state index contributed by atoms with van der Waals surface area (Å²) < 4.78 is 16.6. The number of para-hydroxylation sites is 1. The first-order chi connectivity index (χ1) is 18.1. The number of hydrogen-bond donors (Lipinski definition) is 3. The monoisotopic (exact) mass is 534 g/mol. The van der Waals surface area contributed by atoms with Crippen LogP contribution in [-0.4, -0.2) is 60.2 Å². The molecule has 0 unspecified atom stereocenters. The summed E-state index contributed by atoms with van der Waals surface area (Å²) >= 11 is 0. The molecule has 1 saturated heterocycles. The molecule has 11 nitrogen and oxygen atoms in total. The summed E-state index contributed by atoms with van der Waals surface area (Å²) in [6.07, 6.45) is 2.36. The Bertz CT molecular complexity index is 995. The molecule has 0 spiro atoms. The van der Waals surface area contributed by atoms with E-state index in [9.17, 15) is 29.1 Å². The number of carbonyl (C=O) groups is 5. The zero-order chi connectivity index (χ0) is 28.2. The number of phenols is 1. The fourth-order valence-corrected chi connectivity index (χ4v) is 4.16. The number of hydrogen-bond acceptors (Lipinski definition) is 9. The van der Waals surface area contributed by atoms with Crippen molar-refractivity contribution in [2.75, 3.05) is 11.9 Å². The van der Waals surface area contributed by atoms with E-state index in [1.807, 2.05) is 13.8 Å². The van der Waals surface area contributed by atoms with Gasteiger partial charge in [-0.05, 0) is 31.4 Å². The Morgan fingerprint density at radius 3 is 2.58 bits per heavy atom. The van der Waals surface area contributed by atoms with Gasteiger partial charge in [0.1, 0.15) is 12.7 Å². The van der Waals surface area contributed by atoms with Crippen molar-refractivity contribution in [2.45, 2.75) is 84.5 Å². The summed E-state index contributed by atoms with van der Waals surface area (Å²) in [5.41, 5.74) is -0.208. The van der Waals surface area contributed by atoms with Gasteiger partial charge < -0.3 is 30.0 Å². The first-order valence-corrected chi connectivity index (χ1v) is 13.0. The molecule has 0 saturated carbocycles. The van der Waals surface area contributed by atoms with Crippen molar-refractivity contribution in [3.63, 3.8) is 0 Å². The molecule has 2 amide bonds. The fraction of sp³-hybridized carbons (Fsp3) is 0.593. The van der Waals surface area contributed by atoms with Crippen molar-refractivity contribution < 1.29 is 43.3 Å². The van der Waals surface area contributed by atoms with Crippen molar-refractivity contribution in [1.82, 2.24) is 5.32 Å². The Morgan fingerprint density at radius 2 is 1.92 bits per heavy atom. The quantitative estimate of drug-likeness (QED) is 0.120. The van der Waals surface area contributed by atoms with Crippen LogP contribution in [0.1, 0.15) is 76.6 Å². The Kier molecular flexibility index (Phi) is 12.0. The number of rotatable bonds is 12. The van der Waals surface area contributed by atoms with Gasteiger partial charge in [0.2, 0.25) is 6.41 Å². The lowest BCUT2D eigenvalue weighted by Crippen LogP contribution is -2.46. The standard InChI is InChI=1S/C27H38N2O9/c1-5-6-7-8-10-19-24(38-22(31)13-16(2)3)17(4)37-27(35)21(14-36-26(19)34)29-25(33)18-11-9-12-20(23(18)32)28-15-30/h9,11-12,15-17,19,21,24,32H,5-8,10,13-14H2,1-4H3,(H,28,30)(H,29,33)/t17-,19+,21+,24+/m1/s1. The number of nitrogens with one attached hydrogen (secondary N) is 2. The maximum atomic E-state index is 13.1. The molecule has 0 aromatic heterocycles. The summed E-state index contributed by atoms with van der Waals surface area (Å²) in [5, 5.41) is 15.0. The van der Waals surface area contributed by atoms with Crippen LogP contribution in [-0.2, 0) is 33.4 Å². The average molecular weight is 535 g/mol. The summed E-state index contributed by atoms with van der Waals surface area (Å²) in [6.45, 7) is 6.80. The number of anilines is 1. The van der Waals surface area contributed by atoms with Gasteiger partial charge in [0, 0.05) is 6.42 Å². The minimum absolute atomic E-state index is 0.00159. The van der Waals surface area contributed by atoms with Crippen LogP contribution in [0.5, 0.6) is 5.75 Å². The van der Waals surface area contributed by atoms with Crippen LogP contribution in [0.15, 0.2) is 18.2 Å². The van der Waals surface area contributed by atoms with Crippen LogP contribution < -0.4 is 10.6 Å². The number of esters is 3. The Hall–Kier alpha value is -3.63. The van der Waals surface area contributed by atoms with Gasteiger partial charge >= 0.3 is 17.9 Å². The van der Waals surface area contributed by atoms with E-state index in [4.69, 9.17) is 14.2 Å². The lowest BCUT2D eigenvalue weighted by Gasteiger charge is -2.29. The molecule has 2 rings (SSSR count). The van der Waals surface area contributed by atoms with Crippen molar-refractivity contribution in [1.29, 1.82) is 0 Å². The molecule has 1 aromatic rings. The second-order valence-corrected chi connectivity index (χ2v) is 9.77. The van der Waals surface area contributed by atoms with E-state index in [0.29, 0.717) is 19.3 Å². The molecule has 38 heavy (non-hydrogen) atoms. The second kappa shape index (κ2) is 14.9. The number of unbranched alkanes of at least 4 members (excludes halogenated alkanes) is 3. The van der Waals surface area contributed by atoms with Crippen molar-refractivity contribution in [2.24, 2.45) is 11.8 Å². The first-order valence-electron chi connectivity index (χ1n) is 13.0. The largest absolute Gasteiger partial charge is 0.505 e.